The van der Waals surface area contributed by atoms with Gasteiger partial charge in [-0.15, -0.1) is 0 Å². The predicted octanol–water partition coefficient (Wildman–Crippen LogP) is 3.35. The normalized spacial score (nSPS) is 24.0. The lowest BCUT2D eigenvalue weighted by atomic mass is 9.81. The largest absolute Gasteiger partial charge is 0.380 e. The highest BCUT2D eigenvalue weighted by Gasteiger charge is 2.28. The fraction of sp³-hybridized carbons (Fsp3) is 1.00. The molecule has 0 aromatic rings. The summed E-state index contributed by atoms with van der Waals surface area (Å²) in [4.78, 5) is 0. The van der Waals surface area contributed by atoms with E-state index in [0.29, 0.717) is 5.92 Å². The number of hydrogen-bond donors (Lipinski definition) is 1. The van der Waals surface area contributed by atoms with Gasteiger partial charge in [0.1, 0.15) is 0 Å². The van der Waals surface area contributed by atoms with Crippen molar-refractivity contribution in [1.29, 1.82) is 0 Å². The van der Waals surface area contributed by atoms with Gasteiger partial charge in [-0.25, -0.2) is 0 Å². The Balaban J connectivity index is 2.44. The molecule has 0 radical (unpaired) electrons. The molecule has 0 bridgehead atoms. The van der Waals surface area contributed by atoms with Crippen LogP contribution in [0.5, 0.6) is 0 Å². The second-order valence-electron chi connectivity index (χ2n) is 5.51. The first kappa shape index (κ1) is 14.0. The number of nitrogens with two attached hydrogens (primary N) is 1. The average Bonchev–Trinajstić information content (AvgIpc) is 2.31. The van der Waals surface area contributed by atoms with Crippen LogP contribution in [0.4, 0.5) is 0 Å². The maximum atomic E-state index is 6.31. The first-order chi connectivity index (χ1) is 7.69. The molecule has 1 fully saturated rings. The summed E-state index contributed by atoms with van der Waals surface area (Å²) in [5, 5.41) is 0. The average molecular weight is 227 g/mol. The molecule has 16 heavy (non-hydrogen) atoms. The molecule has 0 saturated heterocycles. The Bertz CT molecular complexity index is 178. The van der Waals surface area contributed by atoms with Crippen molar-refractivity contribution >= 4 is 0 Å². The topological polar surface area (TPSA) is 35.2 Å². The molecule has 0 heterocycles. The molecule has 2 heteroatoms. The summed E-state index contributed by atoms with van der Waals surface area (Å²) in [6, 6.07) is 0.225. The second-order valence-corrected chi connectivity index (χ2v) is 5.51. The summed E-state index contributed by atoms with van der Waals surface area (Å²) >= 11 is 0. The van der Waals surface area contributed by atoms with Crippen LogP contribution in [-0.4, -0.2) is 19.3 Å². The van der Waals surface area contributed by atoms with Gasteiger partial charge in [-0.2, -0.15) is 0 Å². The molecule has 0 spiro atoms. The van der Waals surface area contributed by atoms with Crippen LogP contribution in [0.3, 0.4) is 0 Å². The zero-order valence-electron chi connectivity index (χ0n) is 11.2. The monoisotopic (exact) mass is 227 g/mol. The van der Waals surface area contributed by atoms with E-state index in [1.807, 2.05) is 7.11 Å². The maximum absolute atomic E-state index is 6.31. The van der Waals surface area contributed by atoms with Crippen LogP contribution in [0.15, 0.2) is 0 Å². The third kappa shape index (κ3) is 4.06. The Hall–Kier alpha value is -0.0800. The molecule has 0 aromatic carbocycles. The quantitative estimate of drug-likeness (QED) is 0.755. The van der Waals surface area contributed by atoms with Crippen LogP contribution in [0.2, 0.25) is 0 Å². The molecular weight excluding hydrogens is 198 g/mol. The Morgan fingerprint density at radius 3 is 2.38 bits per heavy atom. The van der Waals surface area contributed by atoms with Gasteiger partial charge in [0.15, 0.2) is 0 Å². The van der Waals surface area contributed by atoms with Gasteiger partial charge in [0.2, 0.25) is 0 Å². The maximum Gasteiger partial charge on any atom is 0.0750 e. The smallest absolute Gasteiger partial charge is 0.0750 e. The van der Waals surface area contributed by atoms with E-state index in [0.717, 1.165) is 12.3 Å². The van der Waals surface area contributed by atoms with Crippen LogP contribution in [0, 0.1) is 11.8 Å². The van der Waals surface area contributed by atoms with Crippen molar-refractivity contribution in [1.82, 2.24) is 0 Å². The first-order valence-electron chi connectivity index (χ1n) is 6.97. The van der Waals surface area contributed by atoms with E-state index >= 15 is 0 Å². The van der Waals surface area contributed by atoms with Crippen LogP contribution < -0.4 is 5.73 Å². The van der Waals surface area contributed by atoms with E-state index in [9.17, 15) is 0 Å². The molecule has 1 aliphatic rings. The van der Waals surface area contributed by atoms with Crippen molar-refractivity contribution in [2.75, 3.05) is 7.11 Å². The Labute approximate surface area is 101 Å². The fourth-order valence-corrected chi connectivity index (χ4v) is 2.94. The van der Waals surface area contributed by atoms with E-state index < -0.39 is 0 Å². The lowest BCUT2D eigenvalue weighted by Gasteiger charge is -2.34. The van der Waals surface area contributed by atoms with Crippen LogP contribution >= 0.6 is 0 Å². The van der Waals surface area contributed by atoms with E-state index in [1.54, 1.807) is 0 Å². The van der Waals surface area contributed by atoms with Gasteiger partial charge in [0.05, 0.1) is 6.10 Å². The lowest BCUT2D eigenvalue weighted by Crippen LogP contribution is -2.43. The number of rotatable bonds is 6. The minimum Gasteiger partial charge on any atom is -0.380 e. The molecule has 96 valence electrons. The van der Waals surface area contributed by atoms with E-state index in [-0.39, 0.29) is 12.1 Å². The third-order valence-corrected chi connectivity index (χ3v) is 4.18. The summed E-state index contributed by atoms with van der Waals surface area (Å²) in [5.41, 5.74) is 6.31. The molecular formula is C14H29NO. The molecule has 1 rings (SSSR count). The van der Waals surface area contributed by atoms with Crippen molar-refractivity contribution < 1.29 is 4.74 Å². The van der Waals surface area contributed by atoms with Gasteiger partial charge in [-0.05, 0) is 31.1 Å². The third-order valence-electron chi connectivity index (χ3n) is 4.18. The highest BCUT2D eigenvalue weighted by molar-refractivity contribution is 4.83. The van der Waals surface area contributed by atoms with Crippen LogP contribution in [0.25, 0.3) is 0 Å². The summed E-state index contributed by atoms with van der Waals surface area (Å²) in [5.74, 6) is 1.43. The number of hydrogen-bond acceptors (Lipinski definition) is 2. The SMILES string of the molecule is CCC(C)CC(N)C(OC)C1CCCCC1. The second kappa shape index (κ2) is 7.29. The summed E-state index contributed by atoms with van der Waals surface area (Å²) < 4.78 is 5.67. The molecule has 2 nitrogen and oxygen atoms in total. The molecule has 3 unspecified atom stereocenters. The Kier molecular flexibility index (Phi) is 6.37. The predicted molar refractivity (Wildman–Crippen MR) is 69.4 cm³/mol. The zero-order valence-corrected chi connectivity index (χ0v) is 11.2. The van der Waals surface area contributed by atoms with Gasteiger partial charge >= 0.3 is 0 Å². The van der Waals surface area contributed by atoms with Gasteiger partial charge in [0.25, 0.3) is 0 Å². The fourth-order valence-electron chi connectivity index (χ4n) is 2.94. The molecule has 0 amide bonds. The lowest BCUT2D eigenvalue weighted by molar-refractivity contribution is 0.0126. The first-order valence-corrected chi connectivity index (χ1v) is 6.97. The number of methoxy groups -OCH3 is 1. The van der Waals surface area contributed by atoms with Crippen molar-refractivity contribution in [3.63, 3.8) is 0 Å². The van der Waals surface area contributed by atoms with Crippen molar-refractivity contribution in [3.8, 4) is 0 Å². The summed E-state index contributed by atoms with van der Waals surface area (Å²) in [7, 11) is 1.83. The minimum absolute atomic E-state index is 0.225. The van der Waals surface area contributed by atoms with Crippen LogP contribution in [-0.2, 0) is 4.74 Å². The molecule has 0 aliphatic heterocycles. The van der Waals surface area contributed by atoms with Gasteiger partial charge in [-0.3, -0.25) is 0 Å². The molecule has 1 saturated carbocycles. The standard InChI is InChI=1S/C14H29NO/c1-4-11(2)10-13(15)14(16-3)12-8-6-5-7-9-12/h11-14H,4-10,15H2,1-3H3. The van der Waals surface area contributed by atoms with E-state index in [1.165, 1.54) is 38.5 Å². The number of ether oxygens (including phenoxy) is 1. The van der Waals surface area contributed by atoms with Gasteiger partial charge in [0, 0.05) is 13.2 Å². The van der Waals surface area contributed by atoms with E-state index in [4.69, 9.17) is 10.5 Å². The summed E-state index contributed by atoms with van der Waals surface area (Å²) in [6.45, 7) is 4.52. The highest BCUT2D eigenvalue weighted by Crippen LogP contribution is 2.30. The highest BCUT2D eigenvalue weighted by atomic mass is 16.5. The molecule has 1 aliphatic carbocycles. The van der Waals surface area contributed by atoms with Crippen molar-refractivity contribution in [2.45, 2.75) is 70.9 Å². The van der Waals surface area contributed by atoms with Gasteiger partial charge in [-0.1, -0.05) is 39.5 Å². The Morgan fingerprint density at radius 2 is 1.88 bits per heavy atom. The summed E-state index contributed by atoms with van der Waals surface area (Å²) in [6.07, 6.45) is 9.35. The van der Waals surface area contributed by atoms with E-state index in [2.05, 4.69) is 13.8 Å². The molecule has 0 aromatic heterocycles. The van der Waals surface area contributed by atoms with Crippen molar-refractivity contribution in [3.05, 3.63) is 0 Å². The molecule has 2 N–H and O–H groups in total. The minimum atomic E-state index is 0.225. The zero-order chi connectivity index (χ0) is 12.0. The van der Waals surface area contributed by atoms with Crippen LogP contribution in [0.1, 0.15) is 58.8 Å². The molecule has 3 atom stereocenters. The Morgan fingerprint density at radius 1 is 1.25 bits per heavy atom. The van der Waals surface area contributed by atoms with Gasteiger partial charge < -0.3 is 10.5 Å². The van der Waals surface area contributed by atoms with Crippen molar-refractivity contribution in [2.24, 2.45) is 17.6 Å².